The smallest absolute Gasteiger partial charge is 0.166 e. The van der Waals surface area contributed by atoms with Gasteiger partial charge in [-0.3, -0.25) is 0 Å². The molecule has 0 aliphatic carbocycles. The van der Waals surface area contributed by atoms with Gasteiger partial charge in [-0.1, -0.05) is 11.6 Å². The summed E-state index contributed by atoms with van der Waals surface area (Å²) in [7, 11) is 3.48. The van der Waals surface area contributed by atoms with Gasteiger partial charge in [0, 0.05) is 42.1 Å². The maximum absolute atomic E-state index is 6.10. The molecule has 5 nitrogen and oxygen atoms in total. The third-order valence-electron chi connectivity index (χ3n) is 3.17. The Kier molecular flexibility index (Phi) is 5.47. The molecule has 0 unspecified atom stereocenters. The van der Waals surface area contributed by atoms with E-state index in [9.17, 15) is 0 Å². The van der Waals surface area contributed by atoms with Gasteiger partial charge in [0.1, 0.15) is 12.4 Å². The summed E-state index contributed by atoms with van der Waals surface area (Å²) < 4.78 is 13.4. The Hall–Kier alpha value is -1.72. The first kappa shape index (κ1) is 15.7. The number of rotatable bonds is 7. The molecule has 1 heterocycles. The van der Waals surface area contributed by atoms with Crippen LogP contribution in [-0.2, 0) is 19.7 Å². The molecule has 0 bridgehead atoms. The van der Waals surface area contributed by atoms with E-state index in [4.69, 9.17) is 21.1 Å². The van der Waals surface area contributed by atoms with Crippen LogP contribution in [0.2, 0.25) is 5.02 Å². The van der Waals surface area contributed by atoms with E-state index in [1.807, 2.05) is 23.9 Å². The third kappa shape index (κ3) is 3.68. The summed E-state index contributed by atoms with van der Waals surface area (Å²) in [4.78, 5) is 4.31. The first-order valence-corrected chi connectivity index (χ1v) is 7.21. The van der Waals surface area contributed by atoms with Gasteiger partial charge in [-0.05, 0) is 20.0 Å². The summed E-state index contributed by atoms with van der Waals surface area (Å²) in [5.74, 6) is 2.20. The number of halogens is 1. The molecule has 2 rings (SSSR count). The van der Waals surface area contributed by atoms with Crippen molar-refractivity contribution in [1.82, 2.24) is 14.9 Å². The van der Waals surface area contributed by atoms with Crippen LogP contribution in [-0.4, -0.2) is 23.7 Å². The maximum atomic E-state index is 6.10. The Labute approximate surface area is 129 Å². The number of aryl methyl sites for hydroxylation is 1. The molecule has 0 saturated heterocycles. The van der Waals surface area contributed by atoms with Crippen molar-refractivity contribution in [1.29, 1.82) is 0 Å². The number of nitrogens with one attached hydrogen (secondary N) is 1. The summed E-state index contributed by atoms with van der Waals surface area (Å²) in [6.45, 7) is 3.96. The van der Waals surface area contributed by atoms with E-state index < -0.39 is 0 Å². The van der Waals surface area contributed by atoms with E-state index in [0.717, 1.165) is 17.9 Å². The zero-order valence-corrected chi connectivity index (χ0v) is 13.3. The van der Waals surface area contributed by atoms with Gasteiger partial charge in [-0.2, -0.15) is 0 Å². The molecule has 21 heavy (non-hydrogen) atoms. The summed E-state index contributed by atoms with van der Waals surface area (Å²) >= 11 is 6.10. The lowest BCUT2D eigenvalue weighted by Crippen LogP contribution is -2.10. The second-order valence-corrected chi connectivity index (χ2v) is 4.98. The van der Waals surface area contributed by atoms with E-state index in [-0.39, 0.29) is 0 Å². The van der Waals surface area contributed by atoms with Crippen LogP contribution < -0.4 is 14.8 Å². The number of nitrogens with zero attached hydrogens (tertiary/aromatic N) is 2. The highest BCUT2D eigenvalue weighted by Crippen LogP contribution is 2.35. The molecule has 2 aromatic rings. The Balaban J connectivity index is 2.25. The van der Waals surface area contributed by atoms with E-state index in [2.05, 4.69) is 17.2 Å². The number of aromatic nitrogens is 2. The Morgan fingerprint density at radius 2 is 2.19 bits per heavy atom. The lowest BCUT2D eigenvalue weighted by molar-refractivity contribution is 0.268. The Bertz CT molecular complexity index is 599. The standard InChI is InChI=1S/C15H20ClN3O2/c1-4-19-6-5-18-14(19)10-21-15-11(9-17-2)7-12(16)8-13(15)20-3/h5-8,17H,4,9-10H2,1-3H3. The van der Waals surface area contributed by atoms with Gasteiger partial charge in [0.2, 0.25) is 0 Å². The summed E-state index contributed by atoms with van der Waals surface area (Å²) in [6.07, 6.45) is 3.71. The first-order chi connectivity index (χ1) is 10.2. The van der Waals surface area contributed by atoms with E-state index in [1.54, 1.807) is 19.4 Å². The monoisotopic (exact) mass is 309 g/mol. The fraction of sp³-hybridized carbons (Fsp3) is 0.400. The molecular formula is C15H20ClN3O2. The van der Waals surface area contributed by atoms with Crippen molar-refractivity contribution in [3.05, 3.63) is 40.9 Å². The third-order valence-corrected chi connectivity index (χ3v) is 3.39. The summed E-state index contributed by atoms with van der Waals surface area (Å²) in [6, 6.07) is 3.63. The molecule has 0 spiro atoms. The molecular weight excluding hydrogens is 290 g/mol. The highest BCUT2D eigenvalue weighted by molar-refractivity contribution is 6.30. The summed E-state index contributed by atoms with van der Waals surface area (Å²) in [5, 5.41) is 3.73. The number of imidazole rings is 1. The highest BCUT2D eigenvalue weighted by Gasteiger charge is 2.13. The quantitative estimate of drug-likeness (QED) is 0.854. The van der Waals surface area contributed by atoms with Crippen molar-refractivity contribution < 1.29 is 9.47 Å². The zero-order chi connectivity index (χ0) is 15.2. The Morgan fingerprint density at radius 3 is 2.86 bits per heavy atom. The van der Waals surface area contributed by atoms with Crippen LogP contribution in [0.3, 0.4) is 0 Å². The van der Waals surface area contributed by atoms with E-state index in [1.165, 1.54) is 0 Å². The molecule has 1 aromatic heterocycles. The second kappa shape index (κ2) is 7.33. The number of hydrogen-bond donors (Lipinski definition) is 1. The zero-order valence-electron chi connectivity index (χ0n) is 12.5. The molecule has 0 fully saturated rings. The first-order valence-electron chi connectivity index (χ1n) is 6.83. The molecule has 0 aliphatic rings. The SMILES string of the molecule is CCn1ccnc1COc1c(CNC)cc(Cl)cc1OC. The van der Waals surface area contributed by atoms with Gasteiger partial charge in [0.25, 0.3) is 0 Å². The molecule has 0 atom stereocenters. The fourth-order valence-corrected chi connectivity index (χ4v) is 2.40. The van der Waals surface area contributed by atoms with Crippen molar-refractivity contribution in [2.75, 3.05) is 14.2 Å². The van der Waals surface area contributed by atoms with Crippen LogP contribution in [0.4, 0.5) is 0 Å². The second-order valence-electron chi connectivity index (χ2n) is 4.54. The minimum Gasteiger partial charge on any atom is -0.493 e. The van der Waals surface area contributed by atoms with Crippen molar-refractivity contribution in [2.45, 2.75) is 26.6 Å². The van der Waals surface area contributed by atoms with Crippen LogP contribution in [0.15, 0.2) is 24.5 Å². The van der Waals surface area contributed by atoms with Gasteiger partial charge < -0.3 is 19.4 Å². The molecule has 0 saturated carbocycles. The van der Waals surface area contributed by atoms with Crippen LogP contribution in [0.25, 0.3) is 0 Å². The average molecular weight is 310 g/mol. The highest BCUT2D eigenvalue weighted by atomic mass is 35.5. The molecule has 0 aliphatic heterocycles. The molecule has 0 amide bonds. The summed E-state index contributed by atoms with van der Waals surface area (Å²) in [5.41, 5.74) is 0.955. The number of hydrogen-bond acceptors (Lipinski definition) is 4. The van der Waals surface area contributed by atoms with Crippen molar-refractivity contribution >= 4 is 11.6 Å². The normalized spacial score (nSPS) is 10.7. The number of benzene rings is 1. The van der Waals surface area contributed by atoms with Crippen molar-refractivity contribution in [2.24, 2.45) is 0 Å². The molecule has 114 valence electrons. The topological polar surface area (TPSA) is 48.3 Å². The fourth-order valence-electron chi connectivity index (χ4n) is 2.16. The van der Waals surface area contributed by atoms with E-state index >= 15 is 0 Å². The van der Waals surface area contributed by atoms with Crippen molar-refractivity contribution in [3.63, 3.8) is 0 Å². The van der Waals surface area contributed by atoms with Gasteiger partial charge in [0.05, 0.1) is 7.11 Å². The molecule has 1 N–H and O–H groups in total. The predicted octanol–water partition coefficient (Wildman–Crippen LogP) is 2.86. The molecule has 6 heteroatoms. The number of methoxy groups -OCH3 is 1. The number of ether oxygens (including phenoxy) is 2. The van der Waals surface area contributed by atoms with Gasteiger partial charge in [-0.15, -0.1) is 0 Å². The Morgan fingerprint density at radius 1 is 1.38 bits per heavy atom. The van der Waals surface area contributed by atoms with Crippen LogP contribution in [0.5, 0.6) is 11.5 Å². The van der Waals surface area contributed by atoms with Crippen molar-refractivity contribution in [3.8, 4) is 11.5 Å². The minimum absolute atomic E-state index is 0.384. The molecule has 1 aromatic carbocycles. The molecule has 0 radical (unpaired) electrons. The lowest BCUT2D eigenvalue weighted by Gasteiger charge is -2.16. The van der Waals surface area contributed by atoms with E-state index in [0.29, 0.717) is 29.7 Å². The van der Waals surface area contributed by atoms with Crippen LogP contribution in [0, 0.1) is 0 Å². The lowest BCUT2D eigenvalue weighted by atomic mass is 10.2. The maximum Gasteiger partial charge on any atom is 0.166 e. The largest absolute Gasteiger partial charge is 0.493 e. The van der Waals surface area contributed by atoms with Gasteiger partial charge in [-0.25, -0.2) is 4.98 Å². The van der Waals surface area contributed by atoms with Crippen LogP contribution >= 0.6 is 11.6 Å². The van der Waals surface area contributed by atoms with Crippen LogP contribution in [0.1, 0.15) is 18.3 Å². The average Bonchev–Trinajstić information content (AvgIpc) is 2.93. The predicted molar refractivity (Wildman–Crippen MR) is 83.0 cm³/mol. The van der Waals surface area contributed by atoms with Gasteiger partial charge in [0.15, 0.2) is 11.5 Å². The van der Waals surface area contributed by atoms with Gasteiger partial charge >= 0.3 is 0 Å². The minimum atomic E-state index is 0.384.